The van der Waals surface area contributed by atoms with Gasteiger partial charge >= 0.3 is 5.97 Å². The molecule has 1 aromatic heterocycles. The smallest absolute Gasteiger partial charge is 0.311 e. The second-order valence-electron chi connectivity index (χ2n) is 5.65. The third-order valence-corrected chi connectivity index (χ3v) is 5.11. The lowest BCUT2D eigenvalue weighted by Crippen LogP contribution is -2.36. The van der Waals surface area contributed by atoms with E-state index < -0.39 is 11.4 Å². The van der Waals surface area contributed by atoms with E-state index in [4.69, 9.17) is 0 Å². The van der Waals surface area contributed by atoms with Crippen LogP contribution in [-0.2, 0) is 9.59 Å². The van der Waals surface area contributed by atoms with Crippen molar-refractivity contribution in [1.29, 1.82) is 0 Å². The van der Waals surface area contributed by atoms with Crippen molar-refractivity contribution in [2.45, 2.75) is 33.1 Å². The molecule has 0 bridgehead atoms. The fourth-order valence-electron chi connectivity index (χ4n) is 2.83. The zero-order valence-electron chi connectivity index (χ0n) is 12.5. The minimum absolute atomic E-state index is 0.0953. The van der Waals surface area contributed by atoms with E-state index in [2.05, 4.69) is 0 Å². The van der Waals surface area contributed by atoms with Crippen molar-refractivity contribution in [3.8, 4) is 0 Å². The molecule has 4 nitrogen and oxygen atoms in total. The summed E-state index contributed by atoms with van der Waals surface area (Å²) in [5, 5.41) is 11.4. The number of carboxylic acid groups (broad SMARTS) is 1. The van der Waals surface area contributed by atoms with E-state index in [0.717, 1.165) is 16.9 Å². The van der Waals surface area contributed by atoms with Gasteiger partial charge in [0.05, 0.1) is 5.41 Å². The minimum Gasteiger partial charge on any atom is -0.481 e. The second-order valence-corrected chi connectivity index (χ2v) is 6.59. The molecule has 21 heavy (non-hydrogen) atoms. The number of carboxylic acids is 1. The molecule has 1 saturated heterocycles. The van der Waals surface area contributed by atoms with Gasteiger partial charge in [-0.1, -0.05) is 13.3 Å². The van der Waals surface area contributed by atoms with Crippen LogP contribution in [0.25, 0.3) is 6.08 Å². The van der Waals surface area contributed by atoms with Crippen molar-refractivity contribution in [2.24, 2.45) is 5.41 Å². The molecular formula is C16H21NO3S. The molecule has 0 saturated carbocycles. The fourth-order valence-corrected chi connectivity index (χ4v) is 3.65. The standard InChI is InChI=1S/C16H21NO3S/c1-3-7-16(15(19)20)8-9-17(11-16)14(18)5-4-13-12(2)6-10-21-13/h4-6,10H,3,7-9,11H2,1-2H3,(H,19,20). The third-order valence-electron chi connectivity index (χ3n) is 4.13. The van der Waals surface area contributed by atoms with Crippen LogP contribution in [-0.4, -0.2) is 35.0 Å². The van der Waals surface area contributed by atoms with Gasteiger partial charge in [0.15, 0.2) is 0 Å². The molecule has 1 unspecified atom stereocenters. The Bertz CT molecular complexity index is 564. The van der Waals surface area contributed by atoms with Gasteiger partial charge in [-0.25, -0.2) is 0 Å². The summed E-state index contributed by atoms with van der Waals surface area (Å²) in [6.07, 6.45) is 5.37. The Morgan fingerprint density at radius 3 is 2.86 bits per heavy atom. The molecule has 2 rings (SSSR count). The van der Waals surface area contributed by atoms with Crippen LogP contribution >= 0.6 is 11.3 Å². The summed E-state index contributed by atoms with van der Waals surface area (Å²) in [4.78, 5) is 26.5. The summed E-state index contributed by atoms with van der Waals surface area (Å²) < 4.78 is 0. The van der Waals surface area contributed by atoms with E-state index in [1.165, 1.54) is 0 Å². The maximum atomic E-state index is 12.2. The number of rotatable bonds is 5. The maximum absolute atomic E-state index is 12.2. The predicted molar refractivity (Wildman–Crippen MR) is 84.3 cm³/mol. The second kappa shape index (κ2) is 6.43. The molecule has 1 aromatic rings. The lowest BCUT2D eigenvalue weighted by molar-refractivity contribution is -0.148. The van der Waals surface area contributed by atoms with Crippen LogP contribution in [0, 0.1) is 12.3 Å². The minimum atomic E-state index is -0.780. The molecule has 1 fully saturated rings. The van der Waals surface area contributed by atoms with Gasteiger partial charge in [0.25, 0.3) is 0 Å². The van der Waals surface area contributed by atoms with Gasteiger partial charge < -0.3 is 10.0 Å². The van der Waals surface area contributed by atoms with Crippen LogP contribution < -0.4 is 0 Å². The first-order valence-electron chi connectivity index (χ1n) is 7.23. The first-order valence-corrected chi connectivity index (χ1v) is 8.11. The Labute approximate surface area is 129 Å². The zero-order valence-corrected chi connectivity index (χ0v) is 13.3. The van der Waals surface area contributed by atoms with Gasteiger partial charge in [-0.3, -0.25) is 9.59 Å². The van der Waals surface area contributed by atoms with Gasteiger partial charge in [-0.2, -0.15) is 0 Å². The van der Waals surface area contributed by atoms with E-state index in [9.17, 15) is 14.7 Å². The van der Waals surface area contributed by atoms with Crippen molar-refractivity contribution in [3.05, 3.63) is 28.0 Å². The number of aryl methyl sites for hydroxylation is 1. The van der Waals surface area contributed by atoms with Crippen molar-refractivity contribution in [2.75, 3.05) is 13.1 Å². The summed E-state index contributed by atoms with van der Waals surface area (Å²) in [6.45, 7) is 4.84. The summed E-state index contributed by atoms with van der Waals surface area (Å²) >= 11 is 1.60. The van der Waals surface area contributed by atoms with Gasteiger partial charge in [0.2, 0.25) is 5.91 Å². The average molecular weight is 307 g/mol. The first-order chi connectivity index (χ1) is 9.98. The number of amides is 1. The highest BCUT2D eigenvalue weighted by atomic mass is 32.1. The van der Waals surface area contributed by atoms with E-state index >= 15 is 0 Å². The highest BCUT2D eigenvalue weighted by Gasteiger charge is 2.44. The SMILES string of the molecule is CCCC1(C(=O)O)CCN(C(=O)C=Cc2sccc2C)C1. The Balaban J connectivity index is 2.03. The topological polar surface area (TPSA) is 57.6 Å². The summed E-state index contributed by atoms with van der Waals surface area (Å²) in [6, 6.07) is 2.02. The van der Waals surface area contributed by atoms with Gasteiger partial charge in [0.1, 0.15) is 0 Å². The molecule has 0 spiro atoms. The van der Waals surface area contributed by atoms with Crippen molar-refractivity contribution in [3.63, 3.8) is 0 Å². The van der Waals surface area contributed by atoms with E-state index in [1.807, 2.05) is 31.4 Å². The monoisotopic (exact) mass is 307 g/mol. The summed E-state index contributed by atoms with van der Waals surface area (Å²) in [7, 11) is 0. The van der Waals surface area contributed by atoms with Crippen molar-refractivity contribution < 1.29 is 14.7 Å². The Kier molecular flexibility index (Phi) is 4.83. The molecule has 2 heterocycles. The van der Waals surface area contributed by atoms with E-state index in [0.29, 0.717) is 25.9 Å². The molecule has 1 aliphatic rings. The number of nitrogens with zero attached hydrogens (tertiary/aromatic N) is 1. The summed E-state index contributed by atoms with van der Waals surface area (Å²) in [5.74, 6) is -0.875. The third kappa shape index (κ3) is 3.35. The normalized spacial score (nSPS) is 22.1. The van der Waals surface area contributed by atoms with Gasteiger partial charge in [-0.15, -0.1) is 11.3 Å². The largest absolute Gasteiger partial charge is 0.481 e. The molecule has 1 N–H and O–H groups in total. The molecule has 1 atom stereocenters. The van der Waals surface area contributed by atoms with Gasteiger partial charge in [-0.05, 0) is 42.9 Å². The summed E-state index contributed by atoms with van der Waals surface area (Å²) in [5.41, 5.74) is 0.397. The molecule has 1 aliphatic heterocycles. The van der Waals surface area contributed by atoms with Crippen LogP contribution in [0.5, 0.6) is 0 Å². The highest BCUT2D eigenvalue weighted by molar-refractivity contribution is 7.11. The predicted octanol–water partition coefficient (Wildman–Crippen LogP) is 3.17. The maximum Gasteiger partial charge on any atom is 0.311 e. The molecule has 114 valence electrons. The molecule has 0 aliphatic carbocycles. The lowest BCUT2D eigenvalue weighted by Gasteiger charge is -2.23. The number of likely N-dealkylation sites (tertiary alicyclic amines) is 1. The lowest BCUT2D eigenvalue weighted by atomic mass is 9.83. The van der Waals surface area contributed by atoms with Crippen LogP contribution in [0.3, 0.4) is 0 Å². The van der Waals surface area contributed by atoms with Crippen molar-refractivity contribution >= 4 is 29.3 Å². The number of hydrogen-bond acceptors (Lipinski definition) is 3. The number of hydrogen-bond donors (Lipinski definition) is 1. The van der Waals surface area contributed by atoms with Gasteiger partial charge in [0, 0.05) is 24.0 Å². The van der Waals surface area contributed by atoms with Crippen LogP contribution in [0.4, 0.5) is 0 Å². The molecule has 0 aromatic carbocycles. The molecule has 0 radical (unpaired) electrons. The average Bonchev–Trinajstić information content (AvgIpc) is 3.04. The number of thiophene rings is 1. The number of carbonyl (C=O) groups is 2. The Morgan fingerprint density at radius 2 is 2.29 bits per heavy atom. The molecule has 5 heteroatoms. The molecular weight excluding hydrogens is 286 g/mol. The zero-order chi connectivity index (χ0) is 15.5. The van der Waals surface area contributed by atoms with Crippen LogP contribution in [0.2, 0.25) is 0 Å². The number of aliphatic carboxylic acids is 1. The van der Waals surface area contributed by atoms with E-state index in [1.54, 1.807) is 22.3 Å². The van der Waals surface area contributed by atoms with Crippen molar-refractivity contribution in [1.82, 2.24) is 4.90 Å². The Morgan fingerprint density at radius 1 is 1.52 bits per heavy atom. The quantitative estimate of drug-likeness (QED) is 0.850. The Hall–Kier alpha value is -1.62. The van der Waals surface area contributed by atoms with Crippen LogP contribution in [0.15, 0.2) is 17.5 Å². The molecule has 1 amide bonds. The van der Waals surface area contributed by atoms with Crippen LogP contribution in [0.1, 0.15) is 36.6 Å². The van der Waals surface area contributed by atoms with E-state index in [-0.39, 0.29) is 5.91 Å². The number of carbonyl (C=O) groups excluding carboxylic acids is 1. The fraction of sp³-hybridized carbons (Fsp3) is 0.500. The first kappa shape index (κ1) is 15.8. The highest BCUT2D eigenvalue weighted by Crippen LogP contribution is 2.35.